The molecule has 18 nitrogen and oxygen atoms in total. The second-order valence-electron chi connectivity index (χ2n) is 12.2. The van der Waals surface area contributed by atoms with Crippen LogP contribution in [0.2, 0.25) is 0 Å². The molecule has 46 heavy (non-hydrogen) atoms. The molecule has 0 aromatic heterocycles. The van der Waals surface area contributed by atoms with Gasteiger partial charge >= 0.3 is 0 Å². The van der Waals surface area contributed by atoms with Crippen LogP contribution < -0.4 is 0 Å². The molecule has 0 saturated carbocycles. The zero-order valence-electron chi connectivity index (χ0n) is 25.8. The predicted molar refractivity (Wildman–Crippen MR) is 146 cm³/mol. The van der Waals surface area contributed by atoms with Gasteiger partial charge in [-0.25, -0.2) is 0 Å². The number of aliphatic hydroxyl groups is 10. The largest absolute Gasteiger partial charge is 0.670 e. The third kappa shape index (κ3) is 8.77. The van der Waals surface area contributed by atoms with Crippen LogP contribution in [-0.4, -0.2) is 193 Å². The van der Waals surface area contributed by atoms with Crippen molar-refractivity contribution in [2.24, 2.45) is 0 Å². The van der Waals surface area contributed by atoms with E-state index in [2.05, 4.69) is 0 Å². The monoisotopic (exact) mass is 885 g/mol. The molecule has 19 heteroatoms. The van der Waals surface area contributed by atoms with E-state index in [0.717, 1.165) is 0 Å². The number of hydrogen-bond acceptors (Lipinski definition) is 17. The average molecular weight is 886 g/mol. The van der Waals surface area contributed by atoms with Crippen molar-refractivity contribution < 1.29 is 128 Å². The maximum atomic E-state index is 11.0. The summed E-state index contributed by atoms with van der Waals surface area (Å²) in [6.07, 6.45) is -25.7. The molecule has 4 heterocycles. The minimum absolute atomic E-state index is 0. The zero-order valence-corrected chi connectivity index (χ0v) is 30.5. The van der Waals surface area contributed by atoms with Crippen LogP contribution in [0.15, 0.2) is 0 Å². The number of hydrogen-bond donors (Lipinski definition) is 10. The summed E-state index contributed by atoms with van der Waals surface area (Å²) in [5.74, 6) is 0. The molecular weight excluding hydrogens is 837 g/mol. The zero-order chi connectivity index (χ0) is 33.3. The van der Waals surface area contributed by atoms with Crippen molar-refractivity contribution in [3.63, 3.8) is 0 Å². The number of aliphatic hydroxyl groups excluding tert-OH is 10. The van der Waals surface area contributed by atoms with E-state index in [1.54, 1.807) is 6.92 Å². The van der Waals surface area contributed by atoms with Crippen molar-refractivity contribution in [3.05, 3.63) is 5.73 Å². The Morgan fingerprint density at radius 1 is 0.522 bits per heavy atom. The Kier molecular flexibility index (Phi) is 15.9. The molecule has 0 aliphatic carbocycles. The van der Waals surface area contributed by atoms with Crippen LogP contribution in [0, 0.1) is 44.1 Å². The first-order valence-corrected chi connectivity index (χ1v) is 15.1. The van der Waals surface area contributed by atoms with Crippen molar-refractivity contribution >= 4 is 0 Å². The fraction of sp³-hybridized carbons (Fsp3) is 1.00. The smallest absolute Gasteiger partial charge is 0.187 e. The van der Waals surface area contributed by atoms with Crippen LogP contribution in [0.25, 0.3) is 5.73 Å². The molecule has 0 bridgehead atoms. The standard InChI is InChI=1S/C27H48NO17.Ac/c1-8-14(28)24(39-5-4-11-17(33)19(35)15(31)9(2)41-11)23(13(7-30)40-8)44-27-25(21(37)18(34)12(6-29)43-27)45-26-22(38)20(36)16(32)10(3)42-26;/h8-38H,4-7H2,1-3H3;/q-1;/t8?,9?,10?,11-,12?,13?,14?,15+,16+,17?,18-,19?,20?,21?,22?,23+,24?,25?,26-,27-;/m0./s1. The first-order chi connectivity index (χ1) is 21.2. The van der Waals surface area contributed by atoms with Crippen LogP contribution in [0.5, 0.6) is 0 Å². The Hall–Kier alpha value is 0.722. The van der Waals surface area contributed by atoms with Gasteiger partial charge in [-0.3, -0.25) is 0 Å². The average Bonchev–Trinajstić information content (AvgIpc) is 3.02. The molecular formula is C27H48AcNO17-. The van der Waals surface area contributed by atoms with E-state index >= 15 is 0 Å². The van der Waals surface area contributed by atoms with Gasteiger partial charge in [0, 0.05) is 56.8 Å². The quantitative estimate of drug-likeness (QED) is 0.0982. The first-order valence-electron chi connectivity index (χ1n) is 15.1. The van der Waals surface area contributed by atoms with E-state index in [9.17, 15) is 51.1 Å². The molecule has 4 fully saturated rings. The molecule has 13 unspecified atom stereocenters. The summed E-state index contributed by atoms with van der Waals surface area (Å²) in [5.41, 5.74) is 8.72. The summed E-state index contributed by atoms with van der Waals surface area (Å²) >= 11 is 0. The van der Waals surface area contributed by atoms with Gasteiger partial charge in [-0.15, -0.1) is 0 Å². The van der Waals surface area contributed by atoms with E-state index in [1.807, 2.05) is 0 Å². The maximum absolute atomic E-state index is 11.0. The summed E-state index contributed by atoms with van der Waals surface area (Å²) in [4.78, 5) is 0. The molecule has 0 aromatic carbocycles. The maximum Gasteiger partial charge on any atom is 0.187 e. The Morgan fingerprint density at radius 3 is 1.65 bits per heavy atom. The molecule has 4 aliphatic heterocycles. The van der Waals surface area contributed by atoms with Crippen molar-refractivity contribution in [2.75, 3.05) is 19.8 Å². The van der Waals surface area contributed by atoms with Gasteiger partial charge in [0.1, 0.15) is 73.2 Å². The summed E-state index contributed by atoms with van der Waals surface area (Å²) in [6.45, 7) is 3.06. The third-order valence-corrected chi connectivity index (χ3v) is 9.00. The summed E-state index contributed by atoms with van der Waals surface area (Å²) < 4.78 is 40.5. The van der Waals surface area contributed by atoms with Gasteiger partial charge in [-0.05, 0) is 27.2 Å². The fourth-order valence-electron chi connectivity index (χ4n) is 6.07. The minimum atomic E-state index is -1.80. The van der Waals surface area contributed by atoms with E-state index < -0.39 is 136 Å². The van der Waals surface area contributed by atoms with Crippen LogP contribution in [-0.2, 0) is 33.2 Å². The van der Waals surface area contributed by atoms with Gasteiger partial charge in [0.2, 0.25) is 0 Å². The van der Waals surface area contributed by atoms with Crippen LogP contribution in [0.4, 0.5) is 0 Å². The van der Waals surface area contributed by atoms with Gasteiger partial charge < -0.3 is 90.0 Å². The minimum Gasteiger partial charge on any atom is -0.670 e. The summed E-state index contributed by atoms with van der Waals surface area (Å²) in [6, 6.07) is -1.10. The van der Waals surface area contributed by atoms with E-state index in [1.165, 1.54) is 13.8 Å². The molecule has 11 N–H and O–H groups in total. The third-order valence-electron chi connectivity index (χ3n) is 9.00. The molecule has 267 valence electrons. The Morgan fingerprint density at radius 2 is 1.04 bits per heavy atom. The molecule has 0 spiro atoms. The van der Waals surface area contributed by atoms with Gasteiger partial charge in [0.05, 0.1) is 37.6 Å². The van der Waals surface area contributed by atoms with E-state index in [4.69, 9.17) is 38.9 Å². The van der Waals surface area contributed by atoms with Gasteiger partial charge in [0.15, 0.2) is 12.6 Å². The Balaban J connectivity index is 0.00000576. The molecule has 4 rings (SSSR count). The molecule has 1 radical (unpaired) electrons. The van der Waals surface area contributed by atoms with Crippen molar-refractivity contribution in [2.45, 2.75) is 150 Å². The number of rotatable bonds is 10. The number of nitrogens with one attached hydrogen (secondary N) is 1. The van der Waals surface area contributed by atoms with Crippen LogP contribution in [0.3, 0.4) is 0 Å². The molecule has 0 aromatic rings. The normalized spacial score (nSPS) is 51.8. The van der Waals surface area contributed by atoms with E-state index in [-0.39, 0.29) is 57.1 Å². The first kappa shape index (κ1) is 41.1. The summed E-state index contributed by atoms with van der Waals surface area (Å²) in [7, 11) is 0. The van der Waals surface area contributed by atoms with Crippen molar-refractivity contribution in [1.29, 1.82) is 0 Å². The fourth-order valence-corrected chi connectivity index (χ4v) is 6.07. The Labute approximate surface area is 301 Å². The topological polar surface area (TPSA) is 291 Å². The Bertz CT molecular complexity index is 929. The van der Waals surface area contributed by atoms with Crippen molar-refractivity contribution in [3.8, 4) is 0 Å². The molecule has 20 atom stereocenters. The van der Waals surface area contributed by atoms with Gasteiger partial charge in [-0.1, -0.05) is 6.04 Å². The van der Waals surface area contributed by atoms with Crippen molar-refractivity contribution in [1.82, 2.24) is 0 Å². The van der Waals surface area contributed by atoms with Gasteiger partial charge in [-0.2, -0.15) is 0 Å². The van der Waals surface area contributed by atoms with E-state index in [0.29, 0.717) is 0 Å². The van der Waals surface area contributed by atoms with Gasteiger partial charge in [0.25, 0.3) is 0 Å². The van der Waals surface area contributed by atoms with Crippen LogP contribution in [0.1, 0.15) is 27.2 Å². The molecule has 0 amide bonds. The molecule has 4 saturated heterocycles. The second-order valence-corrected chi connectivity index (χ2v) is 12.2. The SMILES string of the molecule is CC1OC(CO)[C@@H](O[C@@H]2OC(CO)[C@H](O)C(O)C2O[C@@H]2OC(C)[C@@H](O)C(O)C2O)C(OCC[C@@H]2OC(C)[C@@H](O)C(O)C2O)C1[NH-].[Ac]. The second kappa shape index (κ2) is 17.8. The predicted octanol–water partition coefficient (Wildman–Crippen LogP) is -5.13. The van der Waals surface area contributed by atoms with Crippen LogP contribution >= 0.6 is 0 Å². The number of ether oxygens (including phenoxy) is 7. The molecule has 4 aliphatic rings. The summed E-state index contributed by atoms with van der Waals surface area (Å²) in [5, 5.41) is 103.